The molecule has 0 saturated heterocycles. The lowest BCUT2D eigenvalue weighted by Gasteiger charge is -2.20. The number of ether oxygens (including phenoxy) is 1. The van der Waals surface area contributed by atoms with E-state index in [1.54, 1.807) is 60.9 Å². The monoisotopic (exact) mass is 482 g/mol. The Balaban J connectivity index is 1.36. The molecule has 0 spiro atoms. The van der Waals surface area contributed by atoms with E-state index in [1.165, 1.54) is 12.1 Å². The van der Waals surface area contributed by atoms with Crippen molar-refractivity contribution >= 4 is 23.3 Å². The van der Waals surface area contributed by atoms with Crippen LogP contribution in [0, 0.1) is 0 Å². The zero-order valence-corrected chi connectivity index (χ0v) is 19.4. The summed E-state index contributed by atoms with van der Waals surface area (Å²) in [7, 11) is 0. The second-order valence-electron chi connectivity index (χ2n) is 7.95. The third-order valence-electron chi connectivity index (χ3n) is 5.30. The molecule has 1 unspecified atom stereocenters. The number of carbonyl (C=O) groups excluding carboxylic acids is 2. The molecule has 182 valence electrons. The van der Waals surface area contributed by atoms with Gasteiger partial charge in [-0.2, -0.15) is 0 Å². The number of pyridine rings is 1. The first-order valence-corrected chi connectivity index (χ1v) is 11.4. The molecule has 1 aromatic heterocycles. The fraction of sp³-hybridized carbons (Fsp3) is 0.107. The molecule has 4 N–H and O–H groups in total. The van der Waals surface area contributed by atoms with Gasteiger partial charge in [0.25, 0.3) is 5.91 Å². The molecule has 0 aliphatic carbocycles. The van der Waals surface area contributed by atoms with Gasteiger partial charge in [0.05, 0.1) is 0 Å². The fourth-order valence-corrected chi connectivity index (χ4v) is 3.52. The molecule has 4 aromatic rings. The van der Waals surface area contributed by atoms with E-state index in [9.17, 15) is 14.7 Å². The smallest absolute Gasteiger partial charge is 0.319 e. The molecule has 0 radical (unpaired) electrons. The third-order valence-corrected chi connectivity index (χ3v) is 5.30. The Bertz CT molecular complexity index is 1280. The Morgan fingerprint density at radius 2 is 1.58 bits per heavy atom. The van der Waals surface area contributed by atoms with Crippen LogP contribution < -0.4 is 20.7 Å². The van der Waals surface area contributed by atoms with Gasteiger partial charge in [-0.05, 0) is 54.1 Å². The van der Waals surface area contributed by atoms with Crippen LogP contribution in [0.1, 0.15) is 28.4 Å². The predicted octanol–water partition coefficient (Wildman–Crippen LogP) is 5.37. The first-order valence-electron chi connectivity index (χ1n) is 11.4. The number of amides is 3. The maximum absolute atomic E-state index is 12.5. The van der Waals surface area contributed by atoms with Crippen LogP contribution >= 0.6 is 0 Å². The van der Waals surface area contributed by atoms with Crippen molar-refractivity contribution in [1.29, 1.82) is 0 Å². The number of urea groups is 1. The molecular formula is C28H26N4O4. The van der Waals surface area contributed by atoms with E-state index in [-0.39, 0.29) is 23.8 Å². The molecule has 8 heteroatoms. The molecule has 0 aliphatic heterocycles. The third kappa shape index (κ3) is 7.07. The highest BCUT2D eigenvalue weighted by Gasteiger charge is 2.15. The highest BCUT2D eigenvalue weighted by atomic mass is 16.5. The van der Waals surface area contributed by atoms with Crippen molar-refractivity contribution in [2.75, 3.05) is 17.2 Å². The van der Waals surface area contributed by atoms with Crippen LogP contribution in [0.25, 0.3) is 0 Å². The second-order valence-corrected chi connectivity index (χ2v) is 7.95. The Kier molecular flexibility index (Phi) is 8.11. The molecule has 8 nitrogen and oxygen atoms in total. The summed E-state index contributed by atoms with van der Waals surface area (Å²) in [5.74, 6) is 0.378. The van der Waals surface area contributed by atoms with E-state index >= 15 is 0 Å². The number of anilines is 2. The van der Waals surface area contributed by atoms with E-state index in [4.69, 9.17) is 4.74 Å². The van der Waals surface area contributed by atoms with E-state index in [0.29, 0.717) is 35.7 Å². The molecule has 3 aromatic carbocycles. The number of carbonyl (C=O) groups is 2. The summed E-state index contributed by atoms with van der Waals surface area (Å²) in [5, 5.41) is 17.9. The van der Waals surface area contributed by atoms with Crippen LogP contribution in [0.5, 0.6) is 11.5 Å². The number of hydrogen-bond donors (Lipinski definition) is 4. The minimum atomic E-state index is -0.310. The minimum absolute atomic E-state index is 0.0767. The highest BCUT2D eigenvalue weighted by molar-refractivity contribution is 6.04. The molecular weight excluding hydrogens is 456 g/mol. The largest absolute Gasteiger partial charge is 0.508 e. The first kappa shape index (κ1) is 24.3. The summed E-state index contributed by atoms with van der Waals surface area (Å²) in [6.07, 6.45) is 3.44. The zero-order valence-electron chi connectivity index (χ0n) is 19.4. The number of rotatable bonds is 9. The Labute approximate surface area is 209 Å². The average Bonchev–Trinajstić information content (AvgIpc) is 2.89. The van der Waals surface area contributed by atoms with E-state index in [0.717, 1.165) is 5.56 Å². The summed E-state index contributed by atoms with van der Waals surface area (Å²) < 4.78 is 6.22. The normalized spacial score (nSPS) is 11.2. The quantitative estimate of drug-likeness (QED) is 0.256. The van der Waals surface area contributed by atoms with Crippen molar-refractivity contribution in [2.45, 2.75) is 12.5 Å². The molecule has 1 heterocycles. The number of aromatic nitrogens is 1. The van der Waals surface area contributed by atoms with Gasteiger partial charge in [0, 0.05) is 48.4 Å². The lowest BCUT2D eigenvalue weighted by molar-refractivity contribution is 0.102. The van der Waals surface area contributed by atoms with E-state index in [2.05, 4.69) is 20.9 Å². The number of hydrogen-bond acceptors (Lipinski definition) is 5. The number of benzene rings is 3. The molecule has 36 heavy (non-hydrogen) atoms. The zero-order chi connectivity index (χ0) is 25.2. The SMILES string of the molecule is O=C(NCCC(Oc1ccc(C(=O)Nc2cccc(O)c2)cc1)c1ccccc1)Nc1ccncc1. The summed E-state index contributed by atoms with van der Waals surface area (Å²) >= 11 is 0. The Morgan fingerprint density at radius 1 is 0.833 bits per heavy atom. The average molecular weight is 483 g/mol. The summed E-state index contributed by atoms with van der Waals surface area (Å²) in [6, 6.07) is 26.0. The standard InChI is InChI=1S/C28H26N4O4/c33-24-8-4-7-23(19-24)31-27(34)21-9-11-25(12-10-21)36-26(20-5-2-1-3-6-20)15-18-30-28(35)32-22-13-16-29-17-14-22/h1-14,16-17,19,26,33H,15,18H2,(H,31,34)(H2,29,30,32,35). The number of aromatic hydroxyl groups is 1. The molecule has 0 fully saturated rings. The molecule has 4 rings (SSSR count). The predicted molar refractivity (Wildman–Crippen MR) is 138 cm³/mol. The number of phenolic OH excluding ortho intramolecular Hbond substituents is 1. The van der Waals surface area contributed by atoms with Gasteiger partial charge in [-0.15, -0.1) is 0 Å². The van der Waals surface area contributed by atoms with Gasteiger partial charge in [0.2, 0.25) is 0 Å². The Morgan fingerprint density at radius 3 is 2.31 bits per heavy atom. The minimum Gasteiger partial charge on any atom is -0.508 e. The van der Waals surface area contributed by atoms with Gasteiger partial charge < -0.3 is 25.8 Å². The summed E-state index contributed by atoms with van der Waals surface area (Å²) in [4.78, 5) is 28.7. The number of nitrogens with one attached hydrogen (secondary N) is 3. The molecule has 1 atom stereocenters. The Hall–Kier alpha value is -4.85. The fourth-order valence-electron chi connectivity index (χ4n) is 3.52. The van der Waals surface area contributed by atoms with Crippen LogP contribution in [-0.2, 0) is 0 Å². The van der Waals surface area contributed by atoms with E-state index in [1.807, 2.05) is 30.3 Å². The van der Waals surface area contributed by atoms with Gasteiger partial charge >= 0.3 is 6.03 Å². The van der Waals surface area contributed by atoms with Crippen LogP contribution in [0.4, 0.5) is 16.2 Å². The van der Waals surface area contributed by atoms with E-state index < -0.39 is 0 Å². The van der Waals surface area contributed by atoms with Crippen molar-refractivity contribution in [1.82, 2.24) is 10.3 Å². The molecule has 0 bridgehead atoms. The maximum atomic E-state index is 12.5. The second kappa shape index (κ2) is 12.0. The van der Waals surface area contributed by atoms with Gasteiger partial charge in [-0.1, -0.05) is 36.4 Å². The molecule has 0 aliphatic rings. The van der Waals surface area contributed by atoms with Gasteiger partial charge in [-0.3, -0.25) is 9.78 Å². The van der Waals surface area contributed by atoms with Crippen molar-refractivity contribution < 1.29 is 19.4 Å². The summed E-state index contributed by atoms with van der Waals surface area (Å²) in [6.45, 7) is 0.390. The van der Waals surface area contributed by atoms with Crippen LogP contribution in [0.2, 0.25) is 0 Å². The van der Waals surface area contributed by atoms with Crippen LogP contribution in [-0.4, -0.2) is 28.6 Å². The van der Waals surface area contributed by atoms with Gasteiger partial charge in [-0.25, -0.2) is 4.79 Å². The number of nitrogens with zero attached hydrogens (tertiary/aromatic N) is 1. The highest BCUT2D eigenvalue weighted by Crippen LogP contribution is 2.25. The van der Waals surface area contributed by atoms with Crippen LogP contribution in [0.15, 0.2) is 103 Å². The van der Waals surface area contributed by atoms with Crippen molar-refractivity contribution in [2.24, 2.45) is 0 Å². The van der Waals surface area contributed by atoms with Gasteiger partial charge in [0.1, 0.15) is 17.6 Å². The molecule has 3 amide bonds. The summed E-state index contributed by atoms with van der Waals surface area (Å²) in [5.41, 5.74) is 2.59. The molecule has 0 saturated carbocycles. The van der Waals surface area contributed by atoms with Crippen molar-refractivity contribution in [3.05, 3.63) is 115 Å². The van der Waals surface area contributed by atoms with Crippen molar-refractivity contribution in [3.8, 4) is 11.5 Å². The van der Waals surface area contributed by atoms with Crippen LogP contribution in [0.3, 0.4) is 0 Å². The first-order chi connectivity index (χ1) is 17.6. The maximum Gasteiger partial charge on any atom is 0.319 e. The lowest BCUT2D eigenvalue weighted by atomic mass is 10.1. The number of phenols is 1. The van der Waals surface area contributed by atoms with Crippen molar-refractivity contribution in [3.63, 3.8) is 0 Å². The lowest BCUT2D eigenvalue weighted by Crippen LogP contribution is -2.30. The topological polar surface area (TPSA) is 113 Å². The van der Waals surface area contributed by atoms with Gasteiger partial charge in [0.15, 0.2) is 0 Å².